The molecule has 0 aromatic carbocycles. The molecule has 11 nitrogen and oxygen atoms in total. The summed E-state index contributed by atoms with van der Waals surface area (Å²) in [5, 5.41) is 15.7. The molecule has 3 N–H and O–H groups in total. The number of hydrogen-bond acceptors (Lipinski definition) is 9. The van der Waals surface area contributed by atoms with Gasteiger partial charge in [0.2, 0.25) is 0 Å². The van der Waals surface area contributed by atoms with Gasteiger partial charge in [0.25, 0.3) is 5.91 Å². The first-order valence-corrected chi connectivity index (χ1v) is 14.7. The van der Waals surface area contributed by atoms with Crippen LogP contribution < -0.4 is 25.3 Å². The number of piperidine rings is 2. The second-order valence-corrected chi connectivity index (χ2v) is 11.5. The van der Waals surface area contributed by atoms with Crippen LogP contribution >= 0.6 is 11.3 Å². The highest BCUT2D eigenvalue weighted by Gasteiger charge is 2.26. The molecular weight excluding hydrogens is 516 g/mol. The Bertz CT molecular complexity index is 1350. The van der Waals surface area contributed by atoms with Crippen LogP contribution in [0.1, 0.15) is 55.4 Å². The minimum atomic E-state index is -1.03. The van der Waals surface area contributed by atoms with E-state index in [0.29, 0.717) is 36.7 Å². The summed E-state index contributed by atoms with van der Waals surface area (Å²) in [6, 6.07) is 7.24. The average molecular weight is 551 g/mol. The van der Waals surface area contributed by atoms with Crippen LogP contribution in [0.5, 0.6) is 0 Å². The van der Waals surface area contributed by atoms with Gasteiger partial charge in [-0.25, -0.2) is 14.8 Å². The number of rotatable bonds is 6. The second kappa shape index (κ2) is 11.2. The molecule has 0 spiro atoms. The normalized spacial score (nSPS) is 19.9. The van der Waals surface area contributed by atoms with E-state index in [4.69, 9.17) is 15.1 Å². The maximum absolute atomic E-state index is 13.5. The van der Waals surface area contributed by atoms with Crippen LogP contribution in [0.2, 0.25) is 0 Å². The molecule has 0 bridgehead atoms. The van der Waals surface area contributed by atoms with E-state index in [9.17, 15) is 9.59 Å². The van der Waals surface area contributed by atoms with Crippen molar-refractivity contribution in [2.45, 2.75) is 51.0 Å². The average Bonchev–Trinajstić information content (AvgIpc) is 3.60. The number of carbonyl (C=O) groups is 2. The number of amides is 2. The molecule has 3 aliphatic rings. The van der Waals surface area contributed by atoms with Gasteiger partial charge in [-0.15, -0.1) is 0 Å². The smallest absolute Gasteiger partial charge is 0.404 e. The van der Waals surface area contributed by atoms with Crippen molar-refractivity contribution >= 4 is 56.1 Å². The van der Waals surface area contributed by atoms with E-state index in [1.807, 2.05) is 23.1 Å². The SMILES string of the molecule is O=C(O)NC1CCN(c2cccc(C(=O)Nc3cc4sc(N5CCCCC5)nc4nc3N3CCCCC3)n2)C1. The zero-order valence-electron chi connectivity index (χ0n) is 21.9. The van der Waals surface area contributed by atoms with Crippen molar-refractivity contribution in [1.29, 1.82) is 0 Å². The Hall–Kier alpha value is -3.67. The minimum absolute atomic E-state index is 0.152. The molecule has 3 fully saturated rings. The number of anilines is 4. The molecule has 0 saturated carbocycles. The lowest BCUT2D eigenvalue weighted by molar-refractivity contribution is 0.102. The van der Waals surface area contributed by atoms with E-state index in [2.05, 4.69) is 25.4 Å². The van der Waals surface area contributed by atoms with E-state index < -0.39 is 6.09 Å². The van der Waals surface area contributed by atoms with Crippen molar-refractivity contribution in [3.63, 3.8) is 0 Å². The van der Waals surface area contributed by atoms with Crippen LogP contribution in [0.25, 0.3) is 10.3 Å². The third-order valence-corrected chi connectivity index (χ3v) is 8.74. The molecule has 3 saturated heterocycles. The van der Waals surface area contributed by atoms with Gasteiger partial charge in [0, 0.05) is 39.3 Å². The van der Waals surface area contributed by atoms with Gasteiger partial charge in [0.05, 0.1) is 16.4 Å². The molecule has 3 aliphatic heterocycles. The summed E-state index contributed by atoms with van der Waals surface area (Å²) in [7, 11) is 0. The number of fused-ring (bicyclic) bond motifs is 1. The lowest BCUT2D eigenvalue weighted by Gasteiger charge is -2.29. The Morgan fingerprint density at radius 1 is 0.897 bits per heavy atom. The van der Waals surface area contributed by atoms with Gasteiger partial charge in [0.15, 0.2) is 16.6 Å². The molecular formula is C27H34N8O3S. The van der Waals surface area contributed by atoms with E-state index >= 15 is 0 Å². The van der Waals surface area contributed by atoms with Crippen molar-refractivity contribution in [3.8, 4) is 0 Å². The molecule has 39 heavy (non-hydrogen) atoms. The van der Waals surface area contributed by atoms with Gasteiger partial charge >= 0.3 is 6.09 Å². The highest BCUT2D eigenvalue weighted by Crippen LogP contribution is 2.36. The maximum atomic E-state index is 13.5. The molecule has 2 amide bonds. The van der Waals surface area contributed by atoms with Gasteiger partial charge in [-0.05, 0) is 63.1 Å². The van der Waals surface area contributed by atoms with Gasteiger partial charge in [-0.1, -0.05) is 17.4 Å². The highest BCUT2D eigenvalue weighted by molar-refractivity contribution is 7.22. The van der Waals surface area contributed by atoms with Gasteiger partial charge in [0.1, 0.15) is 11.5 Å². The number of thiazole rings is 1. The van der Waals surface area contributed by atoms with Gasteiger partial charge in [-0.3, -0.25) is 4.79 Å². The molecule has 6 heterocycles. The Morgan fingerprint density at radius 2 is 1.64 bits per heavy atom. The third kappa shape index (κ3) is 5.70. The summed E-state index contributed by atoms with van der Waals surface area (Å²) in [6.07, 6.45) is 6.70. The summed E-state index contributed by atoms with van der Waals surface area (Å²) in [4.78, 5) is 45.6. The molecule has 3 aromatic rings. The van der Waals surface area contributed by atoms with Crippen LogP contribution in [0.15, 0.2) is 24.3 Å². The van der Waals surface area contributed by atoms with E-state index in [1.165, 1.54) is 25.7 Å². The summed E-state index contributed by atoms with van der Waals surface area (Å²) >= 11 is 1.63. The van der Waals surface area contributed by atoms with Gasteiger partial charge in [-0.2, -0.15) is 4.98 Å². The Balaban J connectivity index is 1.26. The molecule has 206 valence electrons. The topological polar surface area (TPSA) is 127 Å². The molecule has 6 rings (SSSR count). The number of carboxylic acid groups (broad SMARTS) is 1. The van der Waals surface area contributed by atoms with Crippen LogP contribution in [0, 0.1) is 0 Å². The molecule has 0 aliphatic carbocycles. The highest BCUT2D eigenvalue weighted by atomic mass is 32.1. The zero-order valence-corrected chi connectivity index (χ0v) is 22.8. The van der Waals surface area contributed by atoms with Crippen molar-refractivity contribution in [3.05, 3.63) is 30.0 Å². The molecule has 1 atom stereocenters. The summed E-state index contributed by atoms with van der Waals surface area (Å²) in [6.45, 7) is 5.04. The molecule has 1 unspecified atom stereocenters. The summed E-state index contributed by atoms with van der Waals surface area (Å²) in [5.74, 6) is 1.14. The zero-order chi connectivity index (χ0) is 26.8. The number of nitrogens with one attached hydrogen (secondary N) is 2. The third-order valence-electron chi connectivity index (χ3n) is 7.69. The van der Waals surface area contributed by atoms with Crippen LogP contribution in [-0.4, -0.2) is 77.4 Å². The van der Waals surface area contributed by atoms with Crippen molar-refractivity contribution < 1.29 is 14.7 Å². The van der Waals surface area contributed by atoms with Crippen LogP contribution in [0.3, 0.4) is 0 Å². The number of pyridine rings is 2. The van der Waals surface area contributed by atoms with Crippen LogP contribution in [0.4, 0.5) is 27.2 Å². The largest absolute Gasteiger partial charge is 0.465 e. The van der Waals surface area contributed by atoms with E-state index in [1.54, 1.807) is 17.4 Å². The minimum Gasteiger partial charge on any atom is -0.465 e. The number of carbonyl (C=O) groups excluding carboxylic acids is 1. The van der Waals surface area contributed by atoms with Crippen molar-refractivity contribution in [2.24, 2.45) is 0 Å². The van der Waals surface area contributed by atoms with Crippen LogP contribution in [-0.2, 0) is 0 Å². The number of nitrogens with zero attached hydrogens (tertiary/aromatic N) is 6. The Labute approximate surface area is 231 Å². The lowest BCUT2D eigenvalue weighted by Crippen LogP contribution is -2.36. The fourth-order valence-electron chi connectivity index (χ4n) is 5.67. The number of aromatic nitrogens is 3. The fraction of sp³-hybridized carbons (Fsp3) is 0.519. The monoisotopic (exact) mass is 550 g/mol. The quantitative estimate of drug-likeness (QED) is 0.414. The van der Waals surface area contributed by atoms with E-state index in [-0.39, 0.29) is 11.9 Å². The predicted molar refractivity (Wildman–Crippen MR) is 154 cm³/mol. The summed E-state index contributed by atoms with van der Waals surface area (Å²) < 4.78 is 0.961. The first kappa shape index (κ1) is 25.6. The first-order chi connectivity index (χ1) is 19.0. The maximum Gasteiger partial charge on any atom is 0.404 e. The van der Waals surface area contributed by atoms with Crippen molar-refractivity contribution in [1.82, 2.24) is 20.3 Å². The Kier molecular flexibility index (Phi) is 7.36. The number of hydrogen-bond donors (Lipinski definition) is 3. The van der Waals surface area contributed by atoms with Crippen molar-refractivity contribution in [2.75, 3.05) is 59.3 Å². The summed E-state index contributed by atoms with van der Waals surface area (Å²) in [5.41, 5.74) is 1.73. The Morgan fingerprint density at radius 3 is 2.38 bits per heavy atom. The molecule has 3 aromatic heterocycles. The lowest BCUT2D eigenvalue weighted by atomic mass is 10.1. The fourth-order valence-corrected chi connectivity index (χ4v) is 6.67. The predicted octanol–water partition coefficient (Wildman–Crippen LogP) is 4.17. The second-order valence-electron chi connectivity index (χ2n) is 10.5. The molecule has 12 heteroatoms. The van der Waals surface area contributed by atoms with Gasteiger partial charge < -0.3 is 30.4 Å². The molecule has 0 radical (unpaired) electrons. The van der Waals surface area contributed by atoms with E-state index in [0.717, 1.165) is 60.3 Å². The standard InChI is InChI=1S/C27H34N8O3S/c36-25(19-8-7-9-22(29-19)35-15-10-18(17-35)28-27(37)38)30-20-16-21-23(31-24(20)33-11-3-1-4-12-33)32-26(39-21)34-13-5-2-6-14-34/h7-9,16,18,28H,1-6,10-15,17H2,(H,30,36)(H,37,38). The first-order valence-electron chi connectivity index (χ1n) is 13.9.